The SMILES string of the molecule is N[C@]12CC1C[C@@H]1CN(c3nc4c(cc3F)c(=O)c(C(=O)O)cn4[C@@H]3C[C@@H]3F)C[C@@H]12. The van der Waals surface area contributed by atoms with Gasteiger partial charge >= 0.3 is 5.97 Å². The minimum atomic E-state index is -1.43. The van der Waals surface area contributed by atoms with E-state index >= 15 is 0 Å². The molecule has 0 spiro atoms. The van der Waals surface area contributed by atoms with Crippen molar-refractivity contribution in [1.82, 2.24) is 9.55 Å². The number of nitrogens with two attached hydrogens (primary N) is 1. The normalized spacial score (nSPS) is 36.9. The van der Waals surface area contributed by atoms with Gasteiger partial charge in [0.2, 0.25) is 5.43 Å². The van der Waals surface area contributed by atoms with E-state index in [2.05, 4.69) is 4.98 Å². The monoisotopic (exact) mass is 402 g/mol. The molecule has 1 saturated heterocycles. The van der Waals surface area contributed by atoms with Gasteiger partial charge in [0.15, 0.2) is 11.6 Å². The summed E-state index contributed by atoms with van der Waals surface area (Å²) in [7, 11) is 0. The summed E-state index contributed by atoms with van der Waals surface area (Å²) in [6, 6.07) is 0.463. The molecule has 3 saturated carbocycles. The van der Waals surface area contributed by atoms with E-state index in [9.17, 15) is 23.5 Å². The van der Waals surface area contributed by atoms with Crippen molar-refractivity contribution in [2.24, 2.45) is 23.5 Å². The average Bonchev–Trinajstić information content (AvgIpc) is 3.44. The molecule has 9 heteroatoms. The summed E-state index contributed by atoms with van der Waals surface area (Å²) in [4.78, 5) is 30.3. The molecule has 0 aromatic carbocycles. The largest absolute Gasteiger partial charge is 0.477 e. The Labute approximate surface area is 164 Å². The molecule has 152 valence electrons. The molecule has 3 aliphatic carbocycles. The van der Waals surface area contributed by atoms with Gasteiger partial charge in [-0.2, -0.15) is 0 Å². The Morgan fingerprint density at radius 1 is 1.34 bits per heavy atom. The van der Waals surface area contributed by atoms with Crippen molar-refractivity contribution >= 4 is 22.8 Å². The molecule has 1 aliphatic heterocycles. The van der Waals surface area contributed by atoms with Crippen LogP contribution >= 0.6 is 0 Å². The fourth-order valence-corrected chi connectivity index (χ4v) is 5.69. The fraction of sp³-hybridized carbons (Fsp3) is 0.550. The molecule has 7 nitrogen and oxygen atoms in total. The number of aromatic carboxylic acids is 1. The number of carboxylic acids is 1. The predicted octanol–water partition coefficient (Wildman–Crippen LogP) is 1.69. The van der Waals surface area contributed by atoms with Crippen LogP contribution in [0.4, 0.5) is 14.6 Å². The van der Waals surface area contributed by atoms with E-state index in [0.29, 0.717) is 30.8 Å². The number of hydrogen-bond donors (Lipinski definition) is 2. The molecule has 4 aliphatic rings. The molecule has 0 amide bonds. The topological polar surface area (TPSA) is 101 Å². The second kappa shape index (κ2) is 5.33. The molecule has 0 radical (unpaired) electrons. The summed E-state index contributed by atoms with van der Waals surface area (Å²) >= 11 is 0. The van der Waals surface area contributed by atoms with Gasteiger partial charge in [0.05, 0.1) is 11.4 Å². The van der Waals surface area contributed by atoms with Gasteiger partial charge in [-0.1, -0.05) is 0 Å². The van der Waals surface area contributed by atoms with Crippen molar-refractivity contribution in [3.8, 4) is 0 Å². The number of hydrogen-bond acceptors (Lipinski definition) is 5. The molecular weight excluding hydrogens is 382 g/mol. The van der Waals surface area contributed by atoms with E-state index in [0.717, 1.165) is 25.1 Å². The van der Waals surface area contributed by atoms with E-state index in [4.69, 9.17) is 5.73 Å². The molecule has 6 rings (SSSR count). The van der Waals surface area contributed by atoms with Crippen molar-refractivity contribution in [1.29, 1.82) is 0 Å². The molecule has 3 heterocycles. The Morgan fingerprint density at radius 3 is 2.76 bits per heavy atom. The minimum absolute atomic E-state index is 0.125. The molecule has 3 N–H and O–H groups in total. The van der Waals surface area contributed by atoms with Crippen LogP contribution < -0.4 is 16.1 Å². The van der Waals surface area contributed by atoms with Crippen LogP contribution in [0.15, 0.2) is 17.1 Å². The first-order valence-electron chi connectivity index (χ1n) is 9.94. The zero-order valence-corrected chi connectivity index (χ0v) is 15.5. The number of pyridine rings is 2. The quantitative estimate of drug-likeness (QED) is 0.810. The van der Waals surface area contributed by atoms with Crippen LogP contribution in [0.1, 0.15) is 35.7 Å². The third-order valence-electron chi connectivity index (χ3n) is 7.43. The van der Waals surface area contributed by atoms with Gasteiger partial charge in [0.1, 0.15) is 17.4 Å². The maximum absolute atomic E-state index is 15.0. The van der Waals surface area contributed by atoms with Crippen molar-refractivity contribution in [2.45, 2.75) is 37.0 Å². The number of rotatable bonds is 3. The average molecular weight is 402 g/mol. The van der Waals surface area contributed by atoms with E-state index < -0.39 is 35.0 Å². The third-order valence-corrected chi connectivity index (χ3v) is 7.43. The van der Waals surface area contributed by atoms with Crippen LogP contribution in [0, 0.1) is 23.6 Å². The fourth-order valence-electron chi connectivity index (χ4n) is 5.69. The Bertz CT molecular complexity index is 1150. The zero-order chi connectivity index (χ0) is 20.2. The highest BCUT2D eigenvalue weighted by Crippen LogP contribution is 2.62. The van der Waals surface area contributed by atoms with Gasteiger partial charge in [-0.25, -0.2) is 18.6 Å². The maximum Gasteiger partial charge on any atom is 0.341 e. The lowest BCUT2D eigenvalue weighted by atomic mass is 9.92. The highest BCUT2D eigenvalue weighted by atomic mass is 19.1. The molecule has 2 aromatic heterocycles. The Hall–Kier alpha value is -2.55. The number of carboxylic acid groups (broad SMARTS) is 1. The minimum Gasteiger partial charge on any atom is -0.477 e. The molecule has 2 aromatic rings. The van der Waals surface area contributed by atoms with Crippen LogP contribution in [0.3, 0.4) is 0 Å². The summed E-state index contributed by atoms with van der Waals surface area (Å²) in [6.45, 7) is 1.27. The van der Waals surface area contributed by atoms with Crippen LogP contribution in [0.25, 0.3) is 11.0 Å². The number of aromatic nitrogens is 2. The molecule has 6 atom stereocenters. The second-order valence-corrected chi connectivity index (χ2v) is 9.09. The van der Waals surface area contributed by atoms with Gasteiger partial charge in [-0.3, -0.25) is 4.79 Å². The van der Waals surface area contributed by atoms with E-state index in [1.807, 2.05) is 4.90 Å². The first-order chi connectivity index (χ1) is 13.8. The molecular formula is C20H20F2N4O3. The van der Waals surface area contributed by atoms with Gasteiger partial charge < -0.3 is 20.3 Å². The standard InChI is InChI=1S/C20H20F2N4O3/c21-13-3-15(13)26-6-11(19(28)29)16(27)10-2-14(22)18(24-17(10)26)25-5-8-1-9-4-20(9,23)12(8)7-25/h2,6,8-9,12-13,15H,1,3-5,7,23H2,(H,28,29)/t8-,9?,12+,13+,15-,20-/m1/s1. The van der Waals surface area contributed by atoms with Crippen molar-refractivity contribution < 1.29 is 18.7 Å². The summed E-state index contributed by atoms with van der Waals surface area (Å²) in [5.74, 6) is -0.684. The van der Waals surface area contributed by atoms with Crippen molar-refractivity contribution in [3.63, 3.8) is 0 Å². The number of alkyl halides is 1. The summed E-state index contributed by atoms with van der Waals surface area (Å²) in [6.07, 6.45) is 2.29. The number of nitrogens with zero attached hydrogens (tertiary/aromatic N) is 3. The van der Waals surface area contributed by atoms with Crippen molar-refractivity contribution in [3.05, 3.63) is 33.9 Å². The van der Waals surface area contributed by atoms with E-state index in [1.165, 1.54) is 4.57 Å². The van der Waals surface area contributed by atoms with Gasteiger partial charge in [0.25, 0.3) is 0 Å². The number of anilines is 1. The number of halogens is 2. The number of carbonyl (C=O) groups is 1. The highest BCUT2D eigenvalue weighted by Gasteiger charge is 2.66. The van der Waals surface area contributed by atoms with Gasteiger partial charge in [-0.05, 0) is 36.7 Å². The molecule has 4 fully saturated rings. The van der Waals surface area contributed by atoms with E-state index in [-0.39, 0.29) is 28.8 Å². The lowest BCUT2D eigenvalue weighted by Gasteiger charge is -2.22. The number of fused-ring (bicyclic) bond motifs is 4. The molecule has 29 heavy (non-hydrogen) atoms. The summed E-state index contributed by atoms with van der Waals surface area (Å²) < 4.78 is 30.1. The van der Waals surface area contributed by atoms with Crippen LogP contribution in [0.2, 0.25) is 0 Å². The van der Waals surface area contributed by atoms with Crippen LogP contribution in [0.5, 0.6) is 0 Å². The highest BCUT2D eigenvalue weighted by molar-refractivity contribution is 5.92. The lowest BCUT2D eigenvalue weighted by molar-refractivity contribution is 0.0694. The predicted molar refractivity (Wildman–Crippen MR) is 100 cm³/mol. The third kappa shape index (κ3) is 2.27. The van der Waals surface area contributed by atoms with Crippen molar-refractivity contribution in [2.75, 3.05) is 18.0 Å². The van der Waals surface area contributed by atoms with Gasteiger partial charge in [0, 0.05) is 31.2 Å². The lowest BCUT2D eigenvalue weighted by Crippen LogP contribution is -2.35. The maximum atomic E-state index is 15.0. The smallest absolute Gasteiger partial charge is 0.341 e. The zero-order valence-electron chi connectivity index (χ0n) is 15.5. The summed E-state index contributed by atoms with van der Waals surface area (Å²) in [5.41, 5.74) is 5.15. The van der Waals surface area contributed by atoms with E-state index in [1.54, 1.807) is 0 Å². The van der Waals surface area contributed by atoms with Gasteiger partial charge in [-0.15, -0.1) is 0 Å². The molecule has 0 bridgehead atoms. The first-order valence-corrected chi connectivity index (χ1v) is 9.94. The first kappa shape index (κ1) is 17.3. The Morgan fingerprint density at radius 2 is 2.10 bits per heavy atom. The summed E-state index contributed by atoms with van der Waals surface area (Å²) in [5, 5.41) is 9.18. The van der Waals surface area contributed by atoms with Crippen LogP contribution in [-0.4, -0.2) is 45.4 Å². The Balaban J connectivity index is 1.47. The van der Waals surface area contributed by atoms with Crippen LogP contribution in [-0.2, 0) is 0 Å². The molecule has 1 unspecified atom stereocenters. The second-order valence-electron chi connectivity index (χ2n) is 9.09. The Kier molecular flexibility index (Phi) is 3.18.